The minimum atomic E-state index is -0.207. The molecule has 0 saturated carbocycles. The summed E-state index contributed by atoms with van der Waals surface area (Å²) in [6.45, 7) is 0. The van der Waals surface area contributed by atoms with Crippen LogP contribution in [0.1, 0.15) is 34.1 Å². The first-order valence-electron chi connectivity index (χ1n) is 19.1. The van der Waals surface area contributed by atoms with Crippen molar-refractivity contribution in [3.63, 3.8) is 0 Å². The molecule has 0 bridgehead atoms. The molecule has 6 aromatic rings. The van der Waals surface area contributed by atoms with E-state index >= 15 is 0 Å². The van der Waals surface area contributed by atoms with E-state index < -0.39 is 0 Å². The average molecular weight is 727 g/mol. The summed E-state index contributed by atoms with van der Waals surface area (Å²) >= 11 is 0. The van der Waals surface area contributed by atoms with E-state index in [0.29, 0.717) is 0 Å². The van der Waals surface area contributed by atoms with Gasteiger partial charge in [0.1, 0.15) is 0 Å². The number of rotatable bonds is 6. The van der Waals surface area contributed by atoms with Gasteiger partial charge in [0.05, 0.1) is 0 Å². The van der Waals surface area contributed by atoms with Crippen LogP contribution in [-0.2, 0) is 9.59 Å². The van der Waals surface area contributed by atoms with Gasteiger partial charge in [-0.25, -0.2) is 0 Å². The fourth-order valence-corrected chi connectivity index (χ4v) is 8.86. The van der Waals surface area contributed by atoms with Gasteiger partial charge in [-0.05, 0) is 126 Å². The molecule has 3 aliphatic rings. The van der Waals surface area contributed by atoms with Crippen LogP contribution >= 0.6 is 0 Å². The molecule has 272 valence electrons. The van der Waals surface area contributed by atoms with Crippen molar-refractivity contribution in [3.05, 3.63) is 203 Å². The maximum atomic E-state index is 12.7. The summed E-state index contributed by atoms with van der Waals surface area (Å²) in [6.07, 6.45) is 14.7. The molecule has 0 heterocycles. The van der Waals surface area contributed by atoms with Gasteiger partial charge in [0.25, 0.3) is 0 Å². The third-order valence-corrected chi connectivity index (χ3v) is 11.5. The molecule has 0 fully saturated rings. The lowest BCUT2D eigenvalue weighted by atomic mass is 9.61. The number of hydrogen-bond acceptors (Lipinski definition) is 4. The maximum absolute atomic E-state index is 12.7. The van der Waals surface area contributed by atoms with Crippen molar-refractivity contribution in [2.75, 3.05) is 38.0 Å². The van der Waals surface area contributed by atoms with E-state index in [1.54, 1.807) is 24.3 Å². The Bertz CT molecular complexity index is 2540. The molecule has 0 saturated heterocycles. The molecule has 56 heavy (non-hydrogen) atoms. The Morgan fingerprint density at radius 1 is 0.411 bits per heavy atom. The summed E-state index contributed by atoms with van der Waals surface area (Å²) in [5.74, 6) is -0.460. The molecule has 0 amide bonds. The number of carbonyl (C=O) groups is 2. The van der Waals surface area contributed by atoms with E-state index in [2.05, 4.69) is 159 Å². The van der Waals surface area contributed by atoms with Gasteiger partial charge in [-0.2, -0.15) is 0 Å². The second kappa shape index (κ2) is 14.1. The minimum Gasteiger partial charge on any atom is -0.378 e. The predicted molar refractivity (Wildman–Crippen MR) is 234 cm³/mol. The van der Waals surface area contributed by atoms with Crippen LogP contribution in [0.2, 0.25) is 0 Å². The van der Waals surface area contributed by atoms with Gasteiger partial charge in [-0.15, -0.1) is 0 Å². The second-order valence-electron chi connectivity index (χ2n) is 15.2. The van der Waals surface area contributed by atoms with Crippen LogP contribution in [0.4, 0.5) is 11.4 Å². The maximum Gasteiger partial charge on any atom is 0.178 e. The number of hydrogen-bond donors (Lipinski definition) is 0. The van der Waals surface area contributed by atoms with E-state index in [4.69, 9.17) is 0 Å². The zero-order valence-corrected chi connectivity index (χ0v) is 32.0. The lowest BCUT2D eigenvalue weighted by molar-refractivity contribution is -0.111. The van der Waals surface area contributed by atoms with Crippen molar-refractivity contribution in [3.8, 4) is 11.1 Å². The molecular formula is C52H42N2O2. The van der Waals surface area contributed by atoms with Crippen LogP contribution in [0.15, 0.2) is 181 Å². The van der Waals surface area contributed by atoms with Gasteiger partial charge in [-0.1, -0.05) is 121 Å². The number of benzene rings is 6. The molecular weight excluding hydrogens is 685 g/mol. The third-order valence-electron chi connectivity index (χ3n) is 11.5. The first-order chi connectivity index (χ1) is 27.3. The fraction of sp³-hybridized carbons (Fsp3) is 0.115. The van der Waals surface area contributed by atoms with Crippen molar-refractivity contribution >= 4 is 55.6 Å². The van der Waals surface area contributed by atoms with Crippen molar-refractivity contribution in [2.24, 2.45) is 0 Å². The minimum absolute atomic E-state index is 0.0228. The Kier molecular flexibility index (Phi) is 8.82. The lowest BCUT2D eigenvalue weighted by Crippen LogP contribution is -2.23. The van der Waals surface area contributed by atoms with Crippen molar-refractivity contribution in [1.82, 2.24) is 0 Å². The first-order valence-corrected chi connectivity index (χ1v) is 19.1. The Morgan fingerprint density at radius 2 is 0.768 bits per heavy atom. The van der Waals surface area contributed by atoms with Gasteiger partial charge in [0, 0.05) is 51.4 Å². The fourth-order valence-electron chi connectivity index (χ4n) is 8.86. The smallest absolute Gasteiger partial charge is 0.178 e. The van der Waals surface area contributed by atoms with Crippen LogP contribution in [-0.4, -0.2) is 39.8 Å². The van der Waals surface area contributed by atoms with Crippen molar-refractivity contribution < 1.29 is 9.59 Å². The second-order valence-corrected chi connectivity index (χ2v) is 15.2. The summed E-state index contributed by atoms with van der Waals surface area (Å²) < 4.78 is 0. The summed E-state index contributed by atoms with van der Waals surface area (Å²) in [5, 5.41) is 4.78. The van der Waals surface area contributed by atoms with E-state index in [1.807, 2.05) is 24.3 Å². The normalized spacial score (nSPS) is 17.0. The Labute approximate surface area is 328 Å². The monoisotopic (exact) mass is 726 g/mol. The van der Waals surface area contributed by atoms with Gasteiger partial charge < -0.3 is 9.80 Å². The highest BCUT2D eigenvalue weighted by Gasteiger charge is 2.42. The topological polar surface area (TPSA) is 40.6 Å². The Hall–Kier alpha value is -6.78. The highest BCUT2D eigenvalue weighted by atomic mass is 16.1. The SMILES string of the molecule is CN(C)c1ccc(C(=C2C=CC(=O)C=C2)[C@H]2c3ccc4ccccc4c3-c3c(ccc4ccccc34)[C@@H]2C(=C2C=CC(=O)C=C2)c2ccc(N(C)C)cc2)cc1. The standard InChI is InChI=1S/C52H42N2O2/c1-53(2)39-23-13-35(14-24-39)47(37-17-27-41(55)28-18-37)51-45-31-21-33-9-5-7-11-43(33)49(45)50-44-12-8-6-10-34(44)22-32-46(50)52(51)48(38-19-29-42(56)30-20-38)36-15-25-40(26-16-36)54(3)4/h5-32,51-52H,1-4H3/t51-,52-/m1/s1. The van der Waals surface area contributed by atoms with Crippen LogP contribution in [0.3, 0.4) is 0 Å². The Balaban J connectivity index is 1.46. The summed E-state index contributed by atoms with van der Waals surface area (Å²) in [6, 6.07) is 44.2. The molecule has 0 spiro atoms. The van der Waals surface area contributed by atoms with Crippen LogP contribution < -0.4 is 9.80 Å². The number of ketones is 2. The molecule has 3 aliphatic carbocycles. The van der Waals surface area contributed by atoms with E-state index in [-0.39, 0.29) is 23.4 Å². The van der Waals surface area contributed by atoms with Gasteiger partial charge in [0.2, 0.25) is 0 Å². The molecule has 0 radical (unpaired) electrons. The average Bonchev–Trinajstić information content (AvgIpc) is 3.23. The molecule has 0 aromatic heterocycles. The molecule has 4 nitrogen and oxygen atoms in total. The van der Waals surface area contributed by atoms with Crippen LogP contribution in [0.25, 0.3) is 43.8 Å². The number of nitrogens with zero attached hydrogens (tertiary/aromatic N) is 2. The molecule has 0 aliphatic heterocycles. The largest absolute Gasteiger partial charge is 0.378 e. The van der Waals surface area contributed by atoms with Gasteiger partial charge in [-0.3, -0.25) is 9.59 Å². The predicted octanol–water partition coefficient (Wildman–Crippen LogP) is 11.3. The van der Waals surface area contributed by atoms with Crippen LogP contribution in [0, 0.1) is 0 Å². The van der Waals surface area contributed by atoms with Crippen LogP contribution in [0.5, 0.6) is 0 Å². The highest BCUT2D eigenvalue weighted by Crippen LogP contribution is 2.60. The first kappa shape index (κ1) is 35.0. The number of carbonyl (C=O) groups excluding carboxylic acids is 2. The van der Waals surface area contributed by atoms with Gasteiger partial charge >= 0.3 is 0 Å². The summed E-state index contributed by atoms with van der Waals surface area (Å²) in [4.78, 5) is 29.6. The zero-order valence-electron chi connectivity index (χ0n) is 32.0. The summed E-state index contributed by atoms with van der Waals surface area (Å²) in [5.41, 5.74) is 13.6. The quantitative estimate of drug-likeness (QED) is 0.171. The molecule has 2 atom stereocenters. The van der Waals surface area contributed by atoms with Crippen molar-refractivity contribution in [1.29, 1.82) is 0 Å². The zero-order chi connectivity index (χ0) is 38.5. The summed E-state index contributed by atoms with van der Waals surface area (Å²) in [7, 11) is 8.23. The van der Waals surface area contributed by atoms with E-state index in [1.165, 1.54) is 43.8 Å². The van der Waals surface area contributed by atoms with Crippen molar-refractivity contribution in [2.45, 2.75) is 11.8 Å². The molecule has 6 aromatic carbocycles. The number of anilines is 2. The highest BCUT2D eigenvalue weighted by molar-refractivity contribution is 6.12. The molecule has 4 heteroatoms. The molecule has 0 unspecified atom stereocenters. The third kappa shape index (κ3) is 6.04. The number of allylic oxidation sites excluding steroid dienone is 12. The number of fused-ring (bicyclic) bond motifs is 7. The molecule has 0 N–H and O–H groups in total. The van der Waals surface area contributed by atoms with E-state index in [9.17, 15) is 9.59 Å². The Morgan fingerprint density at radius 3 is 1.12 bits per heavy atom. The van der Waals surface area contributed by atoms with E-state index in [0.717, 1.165) is 44.8 Å². The lowest BCUT2D eigenvalue weighted by Gasteiger charge is -2.41. The van der Waals surface area contributed by atoms with Gasteiger partial charge in [0.15, 0.2) is 11.6 Å². The molecule has 9 rings (SSSR count).